The first kappa shape index (κ1) is 15.2. The summed E-state index contributed by atoms with van der Waals surface area (Å²) in [6, 6.07) is 19.0. The minimum Gasteiger partial charge on any atom is -0.411 e. The minimum atomic E-state index is -0.251. The van der Waals surface area contributed by atoms with Crippen molar-refractivity contribution in [2.75, 3.05) is 0 Å². The van der Waals surface area contributed by atoms with Crippen molar-refractivity contribution in [2.45, 2.75) is 25.4 Å². The van der Waals surface area contributed by atoms with Gasteiger partial charge in [0, 0.05) is 12.3 Å². The van der Waals surface area contributed by atoms with Crippen molar-refractivity contribution in [3.63, 3.8) is 0 Å². The lowest BCUT2D eigenvalue weighted by Gasteiger charge is -2.42. The van der Waals surface area contributed by atoms with E-state index in [1.165, 1.54) is 0 Å². The first-order valence-electron chi connectivity index (χ1n) is 7.68. The minimum absolute atomic E-state index is 0.0972. The smallest absolute Gasteiger partial charge is 0.0838 e. The maximum absolute atomic E-state index is 11.6. The molecule has 23 heavy (non-hydrogen) atoms. The number of oxime groups is 1. The quantitative estimate of drug-likeness (QED) is 0.521. The molecule has 1 saturated heterocycles. The zero-order valence-electron chi connectivity index (χ0n) is 12.9. The Morgan fingerprint density at radius 2 is 1.57 bits per heavy atom. The van der Waals surface area contributed by atoms with E-state index in [0.717, 1.165) is 11.1 Å². The van der Waals surface area contributed by atoms with E-state index in [1.807, 2.05) is 67.6 Å². The Balaban J connectivity index is 2.07. The van der Waals surface area contributed by atoms with Gasteiger partial charge in [-0.1, -0.05) is 72.7 Å². The molecule has 0 radical (unpaired) electrons. The van der Waals surface area contributed by atoms with Crippen molar-refractivity contribution in [1.82, 2.24) is 5.01 Å². The Kier molecular flexibility index (Phi) is 4.37. The molecule has 1 aliphatic rings. The fourth-order valence-electron chi connectivity index (χ4n) is 3.36. The zero-order chi connectivity index (χ0) is 16.2. The highest BCUT2D eigenvalue weighted by Gasteiger charge is 2.41. The van der Waals surface area contributed by atoms with Gasteiger partial charge in [0.15, 0.2) is 0 Å². The molecule has 0 bridgehead atoms. The second kappa shape index (κ2) is 6.60. The SMILES string of the molecule is C[C@H]1/C(=N/O)C[C@H](c2ccccc2)N(N=O)[C@@H]1c1ccccc1. The van der Waals surface area contributed by atoms with Gasteiger partial charge < -0.3 is 5.21 Å². The lowest BCUT2D eigenvalue weighted by atomic mass is 9.81. The third kappa shape index (κ3) is 2.82. The van der Waals surface area contributed by atoms with Crippen molar-refractivity contribution in [2.24, 2.45) is 16.4 Å². The van der Waals surface area contributed by atoms with E-state index in [2.05, 4.69) is 10.4 Å². The lowest BCUT2D eigenvalue weighted by molar-refractivity contribution is 0.0955. The van der Waals surface area contributed by atoms with E-state index < -0.39 is 0 Å². The van der Waals surface area contributed by atoms with E-state index in [1.54, 1.807) is 5.01 Å². The summed E-state index contributed by atoms with van der Waals surface area (Å²) in [5.41, 5.74) is 2.66. The fourth-order valence-corrected chi connectivity index (χ4v) is 3.36. The van der Waals surface area contributed by atoms with Gasteiger partial charge in [-0.3, -0.25) is 0 Å². The molecule has 0 aromatic heterocycles. The Labute approximate surface area is 135 Å². The average molecular weight is 309 g/mol. The van der Waals surface area contributed by atoms with Gasteiger partial charge in [-0.2, -0.15) is 0 Å². The van der Waals surface area contributed by atoms with Crippen molar-refractivity contribution in [1.29, 1.82) is 0 Å². The van der Waals surface area contributed by atoms with E-state index in [0.29, 0.717) is 12.1 Å². The van der Waals surface area contributed by atoms with Gasteiger partial charge in [0.25, 0.3) is 0 Å². The predicted octanol–water partition coefficient (Wildman–Crippen LogP) is 4.32. The third-order valence-electron chi connectivity index (χ3n) is 4.55. The molecule has 0 saturated carbocycles. The van der Waals surface area contributed by atoms with Gasteiger partial charge in [0.05, 0.1) is 23.1 Å². The lowest BCUT2D eigenvalue weighted by Crippen LogP contribution is -2.41. The number of benzene rings is 2. The van der Waals surface area contributed by atoms with Crippen LogP contribution in [0.2, 0.25) is 0 Å². The third-order valence-corrected chi connectivity index (χ3v) is 4.55. The molecular formula is C18H19N3O2. The number of hydrogen-bond donors (Lipinski definition) is 1. The molecule has 0 unspecified atom stereocenters. The molecule has 3 rings (SSSR count). The summed E-state index contributed by atoms with van der Waals surface area (Å²) in [6.07, 6.45) is 0.483. The van der Waals surface area contributed by atoms with Crippen molar-refractivity contribution >= 4 is 5.71 Å². The van der Waals surface area contributed by atoms with Crippen LogP contribution in [0.15, 0.2) is 71.1 Å². The van der Waals surface area contributed by atoms with Crippen LogP contribution in [0.25, 0.3) is 0 Å². The van der Waals surface area contributed by atoms with Crippen molar-refractivity contribution in [3.8, 4) is 0 Å². The van der Waals surface area contributed by atoms with Crippen LogP contribution in [0.3, 0.4) is 0 Å². The van der Waals surface area contributed by atoms with Gasteiger partial charge in [-0.05, 0) is 11.1 Å². The molecule has 118 valence electrons. The Morgan fingerprint density at radius 1 is 1.00 bits per heavy atom. The Morgan fingerprint density at radius 3 is 2.09 bits per heavy atom. The van der Waals surface area contributed by atoms with Crippen LogP contribution in [-0.2, 0) is 0 Å². The van der Waals surface area contributed by atoms with Crippen LogP contribution in [-0.4, -0.2) is 15.9 Å². The van der Waals surface area contributed by atoms with Gasteiger partial charge >= 0.3 is 0 Å². The molecular weight excluding hydrogens is 290 g/mol. The van der Waals surface area contributed by atoms with Crippen molar-refractivity contribution < 1.29 is 5.21 Å². The molecule has 1 fully saturated rings. The maximum atomic E-state index is 11.6. The van der Waals surface area contributed by atoms with Crippen LogP contribution >= 0.6 is 0 Å². The standard InChI is InChI=1S/C18H19N3O2/c1-13-16(19-22)12-17(14-8-4-2-5-9-14)21(20-23)18(13)15-10-6-3-7-11-15/h2-11,13,17-18,22H,12H2,1H3/b19-16+/t13-,17+,18-/m0/s1. The van der Waals surface area contributed by atoms with Crippen LogP contribution in [0.5, 0.6) is 0 Å². The largest absolute Gasteiger partial charge is 0.411 e. The molecule has 0 aliphatic carbocycles. The van der Waals surface area contributed by atoms with Gasteiger partial charge in [-0.15, -0.1) is 4.91 Å². The molecule has 5 nitrogen and oxygen atoms in total. The summed E-state index contributed by atoms with van der Waals surface area (Å²) in [7, 11) is 0. The topological polar surface area (TPSA) is 65.3 Å². The Bertz CT molecular complexity index is 688. The number of nitrogens with zero attached hydrogens (tertiary/aromatic N) is 3. The monoisotopic (exact) mass is 309 g/mol. The summed E-state index contributed by atoms with van der Waals surface area (Å²) in [5, 5.41) is 17.8. The van der Waals surface area contributed by atoms with Gasteiger partial charge in [0.1, 0.15) is 0 Å². The van der Waals surface area contributed by atoms with E-state index in [-0.39, 0.29) is 18.0 Å². The van der Waals surface area contributed by atoms with Crippen molar-refractivity contribution in [3.05, 3.63) is 76.7 Å². The number of rotatable bonds is 3. The fraction of sp³-hybridized carbons (Fsp3) is 0.278. The zero-order valence-corrected chi connectivity index (χ0v) is 12.9. The Hall–Kier alpha value is -2.69. The highest BCUT2D eigenvalue weighted by atomic mass is 16.4. The highest BCUT2D eigenvalue weighted by Crippen LogP contribution is 2.43. The molecule has 1 heterocycles. The van der Waals surface area contributed by atoms with Gasteiger partial charge in [-0.25, -0.2) is 5.01 Å². The molecule has 3 atom stereocenters. The second-order valence-electron chi connectivity index (χ2n) is 5.83. The number of piperidine rings is 1. The summed E-state index contributed by atoms with van der Waals surface area (Å²) in [6.45, 7) is 1.96. The first-order valence-corrected chi connectivity index (χ1v) is 7.68. The van der Waals surface area contributed by atoms with E-state index >= 15 is 0 Å². The summed E-state index contributed by atoms with van der Waals surface area (Å²) in [4.78, 5) is 11.6. The first-order chi connectivity index (χ1) is 11.3. The molecule has 1 N–H and O–H groups in total. The summed E-state index contributed by atoms with van der Waals surface area (Å²) >= 11 is 0. The molecule has 2 aromatic carbocycles. The molecule has 1 aliphatic heterocycles. The summed E-state index contributed by atoms with van der Waals surface area (Å²) < 4.78 is 0. The van der Waals surface area contributed by atoms with E-state index in [4.69, 9.17) is 0 Å². The van der Waals surface area contributed by atoms with Crippen LogP contribution < -0.4 is 0 Å². The molecule has 0 spiro atoms. The highest BCUT2D eigenvalue weighted by molar-refractivity contribution is 5.88. The molecule has 2 aromatic rings. The molecule has 0 amide bonds. The maximum Gasteiger partial charge on any atom is 0.0838 e. The summed E-state index contributed by atoms with van der Waals surface area (Å²) in [5.74, 6) is -0.0972. The second-order valence-corrected chi connectivity index (χ2v) is 5.83. The predicted molar refractivity (Wildman–Crippen MR) is 89.0 cm³/mol. The average Bonchev–Trinajstić information content (AvgIpc) is 2.62. The normalized spacial score (nSPS) is 26.2. The molecule has 5 heteroatoms. The van der Waals surface area contributed by atoms with Gasteiger partial charge in [0.2, 0.25) is 0 Å². The van der Waals surface area contributed by atoms with Crippen LogP contribution in [0.1, 0.15) is 36.6 Å². The number of hydrogen-bond acceptors (Lipinski definition) is 4. The number of nitroso groups, excluding NO2 is 1. The van der Waals surface area contributed by atoms with Crippen LogP contribution in [0, 0.1) is 10.8 Å². The van der Waals surface area contributed by atoms with Crippen LogP contribution in [0.4, 0.5) is 0 Å². The van der Waals surface area contributed by atoms with E-state index in [9.17, 15) is 10.1 Å².